The first-order valence-corrected chi connectivity index (χ1v) is 11.8. The molecule has 3 aromatic rings. The fraction of sp³-hybridized carbons (Fsp3) is 0.273. The number of nitrogens with one attached hydrogen (secondary N) is 5. The molecule has 9 N–H and O–H groups in total. The van der Waals surface area contributed by atoms with E-state index in [1.807, 2.05) is 0 Å². The number of rotatable bonds is 10. The summed E-state index contributed by atoms with van der Waals surface area (Å²) in [5.41, 5.74) is 6.23. The molecular weight excluding hydrogens is 534 g/mol. The first kappa shape index (κ1) is 27.0. The van der Waals surface area contributed by atoms with Crippen molar-refractivity contribution in [1.82, 2.24) is 25.7 Å². The Balaban J connectivity index is 1.36. The number of nitrogen functional groups attached to an aromatic ring is 1. The van der Waals surface area contributed by atoms with Gasteiger partial charge in [0.05, 0.1) is 12.0 Å². The minimum Gasteiger partial charge on any atom is -0.481 e. The van der Waals surface area contributed by atoms with E-state index in [1.54, 1.807) is 12.1 Å². The van der Waals surface area contributed by atoms with Gasteiger partial charge >= 0.3 is 11.9 Å². The first-order chi connectivity index (χ1) is 18.6. The number of hydrogen-bond acceptors (Lipinski definition) is 13. The fourth-order valence-electron chi connectivity index (χ4n) is 3.87. The maximum atomic E-state index is 12.7. The number of hydrogen-bond donors (Lipinski definition) is 8. The van der Waals surface area contributed by atoms with Crippen LogP contribution in [0.1, 0.15) is 28.3 Å². The van der Waals surface area contributed by atoms with Gasteiger partial charge in [-0.25, -0.2) is 4.79 Å². The van der Waals surface area contributed by atoms with Gasteiger partial charge in [-0.15, -0.1) is 5.10 Å². The smallest absolute Gasteiger partial charge is 0.326 e. The number of anilines is 4. The highest BCUT2D eigenvalue weighted by atomic mass is 32.1. The van der Waals surface area contributed by atoms with Crippen molar-refractivity contribution in [2.24, 2.45) is 0 Å². The minimum absolute atomic E-state index is 0.0118. The summed E-state index contributed by atoms with van der Waals surface area (Å²) in [4.78, 5) is 54.9. The highest BCUT2D eigenvalue weighted by molar-refractivity contribution is 7.71. The van der Waals surface area contributed by atoms with E-state index < -0.39 is 41.8 Å². The largest absolute Gasteiger partial charge is 0.481 e. The maximum absolute atomic E-state index is 12.7. The number of H-pyrrole nitrogens is 1. The molecule has 2 aromatic heterocycles. The lowest BCUT2D eigenvalue weighted by molar-refractivity contribution is -0.141. The second kappa shape index (κ2) is 11.5. The summed E-state index contributed by atoms with van der Waals surface area (Å²) in [6.07, 6.45) is 0.487. The van der Waals surface area contributed by atoms with Gasteiger partial charge in [-0.05, 0) is 30.7 Å². The Labute approximate surface area is 224 Å². The van der Waals surface area contributed by atoms with Crippen LogP contribution in [-0.4, -0.2) is 73.6 Å². The van der Waals surface area contributed by atoms with Gasteiger partial charge < -0.3 is 41.7 Å². The summed E-state index contributed by atoms with van der Waals surface area (Å²) < 4.78 is 4.50. The molecule has 1 aromatic carbocycles. The summed E-state index contributed by atoms with van der Waals surface area (Å²) in [7, 11) is 0. The number of nitrogens with two attached hydrogens (primary N) is 1. The Morgan fingerprint density at radius 3 is 2.62 bits per heavy atom. The lowest BCUT2D eigenvalue weighted by Crippen LogP contribution is -2.42. The van der Waals surface area contributed by atoms with E-state index in [1.165, 1.54) is 12.1 Å². The molecule has 1 aliphatic heterocycles. The molecule has 0 aliphatic carbocycles. The standard InChI is InChI=1S/C22H23N9O7S/c23-22-28-16-15(18(33)29-22)26-11(7-25-16)6-24-10-3-1-9(2-4-10)17(32)27-14(21(36)37)5-12(20(34)35)13-8-38-31-30-19(13)39/h1-4,8,11-12,14,24,26H,5-7H2,(H,27,32)(H,34,35)(H,36,37)(H4,23,25,28,29,33). The number of benzene rings is 1. The Hall–Kier alpha value is -5.06. The molecule has 0 saturated heterocycles. The lowest BCUT2D eigenvalue weighted by Gasteiger charge is -2.27. The number of aromatic nitrogens is 4. The van der Waals surface area contributed by atoms with Crippen LogP contribution >= 0.6 is 12.2 Å². The second-order valence-corrected chi connectivity index (χ2v) is 8.90. The van der Waals surface area contributed by atoms with E-state index in [2.05, 4.69) is 46.1 Å². The maximum Gasteiger partial charge on any atom is 0.326 e. The van der Waals surface area contributed by atoms with Crippen molar-refractivity contribution >= 4 is 53.2 Å². The van der Waals surface area contributed by atoms with Crippen molar-refractivity contribution in [3.05, 3.63) is 56.6 Å². The minimum atomic E-state index is -1.54. The molecule has 3 unspecified atom stereocenters. The van der Waals surface area contributed by atoms with Crippen molar-refractivity contribution in [2.75, 3.05) is 34.8 Å². The number of carbonyl (C=O) groups is 3. The Kier molecular flexibility index (Phi) is 7.99. The van der Waals surface area contributed by atoms with Crippen molar-refractivity contribution in [2.45, 2.75) is 24.4 Å². The SMILES string of the molecule is Nc1nc2c(c(=O)[nH]1)NC(CNc1ccc(C(=O)NC(CC(C(=O)O)c3connc3=S)C(=O)O)cc1)CN2. The fourth-order valence-corrected chi connectivity index (χ4v) is 4.09. The van der Waals surface area contributed by atoms with Gasteiger partial charge in [-0.3, -0.25) is 19.4 Å². The molecular formula is C22H23N9O7S. The highest BCUT2D eigenvalue weighted by Crippen LogP contribution is 2.23. The molecule has 39 heavy (non-hydrogen) atoms. The number of aliphatic carboxylic acids is 2. The van der Waals surface area contributed by atoms with Gasteiger partial charge in [0.1, 0.15) is 18.0 Å². The van der Waals surface area contributed by atoms with Gasteiger partial charge in [-0.1, -0.05) is 12.2 Å². The quantitative estimate of drug-likeness (QED) is 0.155. The normalized spacial score (nSPS) is 15.5. The van der Waals surface area contributed by atoms with Crippen LogP contribution < -0.4 is 32.6 Å². The predicted octanol–water partition coefficient (Wildman–Crippen LogP) is 0.224. The summed E-state index contributed by atoms with van der Waals surface area (Å²) in [6, 6.07) is 4.51. The first-order valence-electron chi connectivity index (χ1n) is 11.4. The number of carbonyl (C=O) groups excluding carboxylic acids is 1. The molecule has 3 atom stereocenters. The van der Waals surface area contributed by atoms with Crippen LogP contribution in [0, 0.1) is 4.64 Å². The molecule has 0 bridgehead atoms. The van der Waals surface area contributed by atoms with Crippen LogP contribution in [0.2, 0.25) is 0 Å². The Morgan fingerprint density at radius 1 is 1.21 bits per heavy atom. The zero-order chi connectivity index (χ0) is 28.1. The molecule has 16 nitrogen and oxygen atoms in total. The lowest BCUT2D eigenvalue weighted by atomic mass is 9.94. The van der Waals surface area contributed by atoms with E-state index >= 15 is 0 Å². The number of fused-ring (bicyclic) bond motifs is 1. The van der Waals surface area contributed by atoms with E-state index in [-0.39, 0.29) is 33.4 Å². The van der Waals surface area contributed by atoms with Crippen molar-refractivity contribution in [3.8, 4) is 0 Å². The Bertz CT molecular complexity index is 1510. The van der Waals surface area contributed by atoms with Gasteiger partial charge in [-0.2, -0.15) is 4.98 Å². The third-order valence-electron chi connectivity index (χ3n) is 5.86. The number of carboxylic acids is 2. The van der Waals surface area contributed by atoms with Crippen LogP contribution in [0.15, 0.2) is 39.8 Å². The zero-order valence-corrected chi connectivity index (χ0v) is 20.8. The van der Waals surface area contributed by atoms with Crippen LogP contribution in [0.3, 0.4) is 0 Å². The second-order valence-electron chi connectivity index (χ2n) is 8.51. The third kappa shape index (κ3) is 6.45. The molecule has 4 rings (SSSR count). The number of amides is 1. The van der Waals surface area contributed by atoms with Crippen molar-refractivity contribution in [1.29, 1.82) is 0 Å². The van der Waals surface area contributed by atoms with Gasteiger partial charge in [0.25, 0.3) is 11.5 Å². The van der Waals surface area contributed by atoms with Gasteiger partial charge in [0, 0.05) is 35.2 Å². The monoisotopic (exact) mass is 557 g/mol. The summed E-state index contributed by atoms with van der Waals surface area (Å²) >= 11 is 4.97. The molecule has 3 heterocycles. The molecule has 1 aliphatic rings. The van der Waals surface area contributed by atoms with Crippen LogP contribution in [-0.2, 0) is 9.59 Å². The van der Waals surface area contributed by atoms with Crippen LogP contribution in [0.4, 0.5) is 23.1 Å². The zero-order valence-electron chi connectivity index (χ0n) is 20.0. The molecule has 0 saturated carbocycles. The van der Waals surface area contributed by atoms with Crippen molar-refractivity contribution in [3.63, 3.8) is 0 Å². The average Bonchev–Trinajstić information content (AvgIpc) is 2.90. The van der Waals surface area contributed by atoms with E-state index in [0.717, 1.165) is 6.26 Å². The van der Waals surface area contributed by atoms with Gasteiger partial charge in [0.15, 0.2) is 10.5 Å². The molecule has 0 spiro atoms. The number of aromatic amines is 1. The predicted molar refractivity (Wildman–Crippen MR) is 139 cm³/mol. The Morgan fingerprint density at radius 2 is 1.95 bits per heavy atom. The summed E-state index contributed by atoms with van der Waals surface area (Å²) in [5, 5.41) is 37.6. The molecule has 17 heteroatoms. The summed E-state index contributed by atoms with van der Waals surface area (Å²) in [6.45, 7) is 0.890. The van der Waals surface area contributed by atoms with Gasteiger partial charge in [0.2, 0.25) is 5.95 Å². The molecule has 204 valence electrons. The number of carboxylic acid groups (broad SMARTS) is 2. The van der Waals surface area contributed by atoms with Crippen LogP contribution in [0.25, 0.3) is 0 Å². The van der Waals surface area contributed by atoms with Crippen molar-refractivity contribution < 1.29 is 29.1 Å². The third-order valence-corrected chi connectivity index (χ3v) is 6.17. The van der Waals surface area contributed by atoms with Crippen LogP contribution in [0.5, 0.6) is 0 Å². The molecule has 0 radical (unpaired) electrons. The topological polar surface area (TPSA) is 250 Å². The number of nitrogens with zero attached hydrogens (tertiary/aromatic N) is 3. The molecule has 0 fully saturated rings. The summed E-state index contributed by atoms with van der Waals surface area (Å²) in [5.74, 6) is -4.52. The average molecular weight is 558 g/mol. The van der Waals surface area contributed by atoms with E-state index in [9.17, 15) is 29.4 Å². The molecule has 1 amide bonds. The van der Waals surface area contributed by atoms with E-state index in [4.69, 9.17) is 18.0 Å². The highest BCUT2D eigenvalue weighted by Gasteiger charge is 2.31. The van der Waals surface area contributed by atoms with E-state index in [0.29, 0.717) is 24.6 Å².